The van der Waals surface area contributed by atoms with Crippen LogP contribution in [0.25, 0.3) is 0 Å². The number of hydrogen-bond acceptors (Lipinski definition) is 10. The zero-order chi connectivity index (χ0) is 46.9. The third-order valence-electron chi connectivity index (χ3n) is 12.0. The van der Waals surface area contributed by atoms with E-state index in [9.17, 15) is 35.1 Å². The summed E-state index contributed by atoms with van der Waals surface area (Å²) in [5, 5.41) is 56.5. The predicted octanol–water partition coefficient (Wildman–Crippen LogP) is 10.5. The van der Waals surface area contributed by atoms with E-state index in [1.807, 2.05) is 6.08 Å². The summed E-state index contributed by atoms with van der Waals surface area (Å²) in [6, 6.07) is -1.03. The van der Waals surface area contributed by atoms with Crippen LogP contribution in [0.2, 0.25) is 0 Å². The van der Waals surface area contributed by atoms with E-state index in [0.717, 1.165) is 77.0 Å². The molecule has 8 unspecified atom stereocenters. The summed E-state index contributed by atoms with van der Waals surface area (Å²) in [5.74, 6) is -1.22. The first kappa shape index (κ1) is 59.6. The molecule has 0 radical (unpaired) electrons. The average molecular weight is 906 g/mol. The normalized spacial score (nSPS) is 20.8. The highest BCUT2D eigenvalue weighted by Crippen LogP contribution is 2.26. The van der Waals surface area contributed by atoms with Crippen molar-refractivity contribution in [1.29, 1.82) is 0 Å². The summed E-state index contributed by atoms with van der Waals surface area (Å²) in [7, 11) is 0. The minimum Gasteiger partial charge on any atom is -0.454 e. The molecule has 372 valence electrons. The molecule has 0 spiro atoms. The number of unbranched alkanes of at least 4 members (excludes halogenated alkanes) is 22. The van der Waals surface area contributed by atoms with E-state index in [4.69, 9.17) is 14.2 Å². The van der Waals surface area contributed by atoms with Gasteiger partial charge in [0.2, 0.25) is 5.91 Å². The van der Waals surface area contributed by atoms with Crippen LogP contribution in [-0.2, 0) is 23.8 Å². The number of ether oxygens (including phenoxy) is 3. The summed E-state index contributed by atoms with van der Waals surface area (Å²) in [6.07, 6.45) is 37.4. The molecule has 0 aromatic rings. The van der Waals surface area contributed by atoms with Gasteiger partial charge in [0, 0.05) is 6.42 Å². The minimum absolute atomic E-state index is 0.122. The van der Waals surface area contributed by atoms with Crippen molar-refractivity contribution >= 4 is 11.9 Å². The summed E-state index contributed by atoms with van der Waals surface area (Å²) in [5.41, 5.74) is 0. The van der Waals surface area contributed by atoms with Gasteiger partial charge in [-0.1, -0.05) is 198 Å². The van der Waals surface area contributed by atoms with Gasteiger partial charge in [0.1, 0.15) is 24.4 Å². The summed E-state index contributed by atoms with van der Waals surface area (Å²) < 4.78 is 17.5. The van der Waals surface area contributed by atoms with Crippen molar-refractivity contribution in [3.05, 3.63) is 48.6 Å². The van der Waals surface area contributed by atoms with Crippen molar-refractivity contribution in [1.82, 2.24) is 5.32 Å². The van der Waals surface area contributed by atoms with Gasteiger partial charge in [0.25, 0.3) is 0 Å². The lowest BCUT2D eigenvalue weighted by Gasteiger charge is -2.41. The van der Waals surface area contributed by atoms with E-state index in [2.05, 4.69) is 62.5 Å². The quantitative estimate of drug-likeness (QED) is 0.0196. The van der Waals surface area contributed by atoms with Gasteiger partial charge >= 0.3 is 5.97 Å². The van der Waals surface area contributed by atoms with Gasteiger partial charge < -0.3 is 45.1 Å². The second-order valence-corrected chi connectivity index (χ2v) is 17.9. The lowest BCUT2D eigenvalue weighted by molar-refractivity contribution is -0.305. The second kappa shape index (κ2) is 42.0. The van der Waals surface area contributed by atoms with Gasteiger partial charge in [-0.05, 0) is 57.8 Å². The fraction of sp³-hybridized carbons (Fsp3) is 0.811. The van der Waals surface area contributed by atoms with Crippen molar-refractivity contribution in [3.8, 4) is 0 Å². The molecule has 0 saturated carbocycles. The lowest BCUT2D eigenvalue weighted by Crippen LogP contribution is -2.61. The highest BCUT2D eigenvalue weighted by Gasteiger charge is 2.47. The molecule has 1 amide bonds. The molecular formula is C53H95NO10. The van der Waals surface area contributed by atoms with Crippen molar-refractivity contribution in [3.63, 3.8) is 0 Å². The molecular weight excluding hydrogens is 811 g/mol. The molecule has 1 heterocycles. The second-order valence-electron chi connectivity index (χ2n) is 17.9. The third-order valence-corrected chi connectivity index (χ3v) is 12.0. The summed E-state index contributed by atoms with van der Waals surface area (Å²) in [4.78, 5) is 26.3. The molecule has 1 saturated heterocycles. The number of hydrogen-bond donors (Lipinski definition) is 6. The smallest absolute Gasteiger partial charge is 0.306 e. The number of carbonyl (C=O) groups excluding carboxylic acids is 2. The van der Waals surface area contributed by atoms with E-state index < -0.39 is 67.4 Å². The first-order chi connectivity index (χ1) is 31.2. The van der Waals surface area contributed by atoms with Gasteiger partial charge in [0.05, 0.1) is 25.4 Å². The van der Waals surface area contributed by atoms with Crippen LogP contribution in [-0.4, -0.2) is 99.6 Å². The number of carbonyl (C=O) groups is 2. The van der Waals surface area contributed by atoms with Crippen molar-refractivity contribution in [2.24, 2.45) is 0 Å². The number of allylic oxidation sites excluding steroid dienone is 7. The number of aliphatic hydroxyl groups excluding tert-OH is 5. The van der Waals surface area contributed by atoms with E-state index in [1.165, 1.54) is 89.9 Å². The number of nitrogens with one attached hydrogen (secondary N) is 1. The highest BCUT2D eigenvalue weighted by atomic mass is 16.7. The number of amides is 1. The van der Waals surface area contributed by atoms with E-state index >= 15 is 0 Å². The van der Waals surface area contributed by atoms with Gasteiger partial charge in [-0.2, -0.15) is 0 Å². The van der Waals surface area contributed by atoms with Crippen LogP contribution in [0.4, 0.5) is 0 Å². The van der Waals surface area contributed by atoms with Gasteiger partial charge in [-0.3, -0.25) is 9.59 Å². The van der Waals surface area contributed by atoms with Crippen LogP contribution in [0, 0.1) is 0 Å². The Bertz CT molecular complexity index is 1220. The van der Waals surface area contributed by atoms with Crippen LogP contribution in [0.1, 0.15) is 213 Å². The lowest BCUT2D eigenvalue weighted by atomic mass is 9.99. The van der Waals surface area contributed by atoms with Gasteiger partial charge in [-0.25, -0.2) is 0 Å². The maximum Gasteiger partial charge on any atom is 0.306 e. The van der Waals surface area contributed by atoms with Crippen molar-refractivity contribution < 1.29 is 49.3 Å². The van der Waals surface area contributed by atoms with Crippen molar-refractivity contribution in [2.75, 3.05) is 13.2 Å². The minimum atomic E-state index is -1.61. The predicted molar refractivity (Wildman–Crippen MR) is 260 cm³/mol. The molecule has 0 aliphatic carbocycles. The Kier molecular flexibility index (Phi) is 39.1. The molecule has 1 fully saturated rings. The largest absolute Gasteiger partial charge is 0.454 e. The maximum atomic E-state index is 13.3. The van der Waals surface area contributed by atoms with Crippen LogP contribution < -0.4 is 5.32 Å². The van der Waals surface area contributed by atoms with Crippen LogP contribution in [0.3, 0.4) is 0 Å². The van der Waals surface area contributed by atoms with E-state index in [1.54, 1.807) is 6.08 Å². The Morgan fingerprint density at radius 3 is 1.69 bits per heavy atom. The Hall–Kier alpha value is -2.38. The Balaban J connectivity index is 2.81. The Labute approximate surface area is 389 Å². The molecule has 1 aliphatic heterocycles. The number of aliphatic hydroxyl groups is 5. The fourth-order valence-electron chi connectivity index (χ4n) is 7.84. The van der Waals surface area contributed by atoms with Crippen LogP contribution in [0.5, 0.6) is 0 Å². The van der Waals surface area contributed by atoms with Crippen LogP contribution in [0.15, 0.2) is 48.6 Å². The third kappa shape index (κ3) is 30.8. The number of esters is 1. The van der Waals surface area contributed by atoms with E-state index in [0.29, 0.717) is 12.8 Å². The standard InChI is InChI=1S/C53H95NO10/c1-4-7-10-13-16-19-22-23-26-28-31-34-37-40-46(57)52(61)54-44(45(56)39-36-33-30-27-24-20-17-14-11-8-5-2)43-62-53-51(50(60)49(59)47(42-55)63-53)64-48(58)41-38-35-32-29-25-21-18-15-12-9-6-3/h7,10,16,19,23,26,36,39,44-47,49-51,53,55-57,59-60H,4-6,8-9,11-15,17-18,20-22,24-25,27-35,37-38,40-43H2,1-3H3,(H,54,61)/b10-7+,19-16+,26-23+,39-36+. The number of rotatable bonds is 42. The van der Waals surface area contributed by atoms with Gasteiger partial charge in [0.15, 0.2) is 12.4 Å². The SMILES string of the molecule is CC/C=C/C/C=C/C/C=C/CCCCCC(O)C(=O)NC(COC1OC(CO)C(O)C(O)C1OC(=O)CCCCCCCCCCCCC)C(O)/C=C/CCCCCCCCCCC. The molecule has 6 N–H and O–H groups in total. The molecule has 11 nitrogen and oxygen atoms in total. The molecule has 1 rings (SSSR count). The maximum absolute atomic E-state index is 13.3. The monoisotopic (exact) mass is 906 g/mol. The molecule has 0 aromatic carbocycles. The van der Waals surface area contributed by atoms with Crippen LogP contribution >= 0.6 is 0 Å². The first-order valence-electron chi connectivity index (χ1n) is 25.9. The zero-order valence-electron chi connectivity index (χ0n) is 40.6. The average Bonchev–Trinajstić information content (AvgIpc) is 3.29. The zero-order valence-corrected chi connectivity index (χ0v) is 40.6. The highest BCUT2D eigenvalue weighted by molar-refractivity contribution is 5.80. The molecule has 64 heavy (non-hydrogen) atoms. The summed E-state index contributed by atoms with van der Waals surface area (Å²) in [6.45, 7) is 5.60. The van der Waals surface area contributed by atoms with E-state index in [-0.39, 0.29) is 19.4 Å². The Morgan fingerprint density at radius 2 is 1.12 bits per heavy atom. The topological polar surface area (TPSA) is 175 Å². The molecule has 0 aromatic heterocycles. The molecule has 0 bridgehead atoms. The Morgan fingerprint density at radius 1 is 0.625 bits per heavy atom. The summed E-state index contributed by atoms with van der Waals surface area (Å²) >= 11 is 0. The van der Waals surface area contributed by atoms with Crippen molar-refractivity contribution in [2.45, 2.75) is 262 Å². The molecule has 1 aliphatic rings. The molecule has 8 atom stereocenters. The fourth-order valence-corrected chi connectivity index (χ4v) is 7.84. The first-order valence-corrected chi connectivity index (χ1v) is 25.9. The van der Waals surface area contributed by atoms with Gasteiger partial charge in [-0.15, -0.1) is 0 Å². The molecule has 11 heteroatoms.